The van der Waals surface area contributed by atoms with Crippen molar-refractivity contribution in [3.05, 3.63) is 35.9 Å². The van der Waals surface area contributed by atoms with E-state index in [4.69, 9.17) is 5.73 Å². The van der Waals surface area contributed by atoms with Crippen molar-refractivity contribution in [3.63, 3.8) is 0 Å². The van der Waals surface area contributed by atoms with Crippen molar-refractivity contribution in [2.24, 2.45) is 5.73 Å². The van der Waals surface area contributed by atoms with Crippen molar-refractivity contribution < 1.29 is 4.79 Å². The molecule has 0 bridgehead atoms. The minimum absolute atomic E-state index is 0.0928. The smallest absolute Gasteiger partial charge is 0.221 e. The maximum Gasteiger partial charge on any atom is 0.221 e. The number of carbonyl (C=O) groups excluding carboxylic acids is 1. The van der Waals surface area contributed by atoms with Gasteiger partial charge in [-0.25, -0.2) is 0 Å². The Kier molecular flexibility index (Phi) is 6.02. The molecule has 0 aromatic heterocycles. The summed E-state index contributed by atoms with van der Waals surface area (Å²) in [6, 6.07) is 10.9. The third kappa shape index (κ3) is 4.94. The number of piperidine rings is 1. The number of amides is 1. The SMILES string of the molecule is NCCC(=O)NC1CCN(CCc2ccccc2)CC1. The van der Waals surface area contributed by atoms with E-state index in [0.29, 0.717) is 19.0 Å². The summed E-state index contributed by atoms with van der Waals surface area (Å²) in [7, 11) is 0. The van der Waals surface area contributed by atoms with Crippen LogP contribution in [-0.4, -0.2) is 43.0 Å². The van der Waals surface area contributed by atoms with Gasteiger partial charge in [0.2, 0.25) is 5.91 Å². The maximum atomic E-state index is 11.5. The molecule has 1 aromatic carbocycles. The molecule has 0 unspecified atom stereocenters. The molecule has 110 valence electrons. The van der Waals surface area contributed by atoms with Crippen LogP contribution in [0.15, 0.2) is 30.3 Å². The first-order valence-corrected chi connectivity index (χ1v) is 7.53. The van der Waals surface area contributed by atoms with Crippen LogP contribution in [0.25, 0.3) is 0 Å². The Hall–Kier alpha value is -1.39. The molecule has 4 heteroatoms. The first-order valence-electron chi connectivity index (χ1n) is 7.53. The van der Waals surface area contributed by atoms with E-state index >= 15 is 0 Å². The van der Waals surface area contributed by atoms with Gasteiger partial charge >= 0.3 is 0 Å². The van der Waals surface area contributed by atoms with Gasteiger partial charge in [-0.15, -0.1) is 0 Å². The lowest BCUT2D eigenvalue weighted by Gasteiger charge is -2.32. The Morgan fingerprint density at radius 2 is 1.95 bits per heavy atom. The molecule has 0 radical (unpaired) electrons. The topological polar surface area (TPSA) is 58.4 Å². The van der Waals surface area contributed by atoms with Gasteiger partial charge in [0.1, 0.15) is 0 Å². The molecule has 1 aromatic rings. The van der Waals surface area contributed by atoms with Gasteiger partial charge in [-0.3, -0.25) is 4.79 Å². The second kappa shape index (κ2) is 8.02. The van der Waals surface area contributed by atoms with Gasteiger partial charge in [0.25, 0.3) is 0 Å². The summed E-state index contributed by atoms with van der Waals surface area (Å²) in [5.41, 5.74) is 6.78. The molecule has 0 saturated carbocycles. The molecule has 3 N–H and O–H groups in total. The minimum Gasteiger partial charge on any atom is -0.353 e. The van der Waals surface area contributed by atoms with Crippen molar-refractivity contribution in [3.8, 4) is 0 Å². The Balaban J connectivity index is 1.65. The van der Waals surface area contributed by atoms with Crippen molar-refractivity contribution in [1.82, 2.24) is 10.2 Å². The predicted octanol–water partition coefficient (Wildman–Crippen LogP) is 1.16. The van der Waals surface area contributed by atoms with E-state index in [0.717, 1.165) is 38.9 Å². The Bertz CT molecular complexity index is 399. The van der Waals surface area contributed by atoms with Gasteiger partial charge in [0, 0.05) is 38.6 Å². The highest BCUT2D eigenvalue weighted by Crippen LogP contribution is 2.11. The first kappa shape index (κ1) is 15.0. The summed E-state index contributed by atoms with van der Waals surface area (Å²) in [6.07, 6.45) is 3.63. The zero-order chi connectivity index (χ0) is 14.2. The van der Waals surface area contributed by atoms with Gasteiger partial charge < -0.3 is 16.0 Å². The lowest BCUT2D eigenvalue weighted by Crippen LogP contribution is -2.45. The minimum atomic E-state index is 0.0928. The highest BCUT2D eigenvalue weighted by atomic mass is 16.1. The van der Waals surface area contributed by atoms with Gasteiger partial charge in [-0.2, -0.15) is 0 Å². The number of nitrogens with two attached hydrogens (primary N) is 1. The molecule has 2 rings (SSSR count). The van der Waals surface area contributed by atoms with Crippen LogP contribution >= 0.6 is 0 Å². The zero-order valence-corrected chi connectivity index (χ0v) is 12.1. The van der Waals surface area contributed by atoms with E-state index in [-0.39, 0.29) is 5.91 Å². The van der Waals surface area contributed by atoms with Crippen LogP contribution < -0.4 is 11.1 Å². The quantitative estimate of drug-likeness (QED) is 0.819. The van der Waals surface area contributed by atoms with E-state index in [1.165, 1.54) is 5.56 Å². The molecule has 1 amide bonds. The second-order valence-electron chi connectivity index (χ2n) is 5.46. The van der Waals surface area contributed by atoms with Crippen LogP contribution in [0, 0.1) is 0 Å². The average molecular weight is 275 g/mol. The highest BCUT2D eigenvalue weighted by Gasteiger charge is 2.19. The highest BCUT2D eigenvalue weighted by molar-refractivity contribution is 5.76. The number of benzene rings is 1. The van der Waals surface area contributed by atoms with Crippen LogP contribution in [0.1, 0.15) is 24.8 Å². The van der Waals surface area contributed by atoms with Crippen molar-refractivity contribution >= 4 is 5.91 Å². The van der Waals surface area contributed by atoms with Crippen LogP contribution in [-0.2, 0) is 11.2 Å². The zero-order valence-electron chi connectivity index (χ0n) is 12.1. The summed E-state index contributed by atoms with van der Waals surface area (Å²) in [5, 5.41) is 3.07. The number of hydrogen-bond donors (Lipinski definition) is 2. The number of rotatable bonds is 6. The van der Waals surface area contributed by atoms with Crippen LogP contribution in [0.2, 0.25) is 0 Å². The Morgan fingerprint density at radius 1 is 1.25 bits per heavy atom. The molecule has 1 fully saturated rings. The fourth-order valence-corrected chi connectivity index (χ4v) is 2.66. The number of carbonyl (C=O) groups is 1. The maximum absolute atomic E-state index is 11.5. The van der Waals surface area contributed by atoms with E-state index in [9.17, 15) is 4.79 Å². The van der Waals surface area contributed by atoms with Crippen molar-refractivity contribution in [2.45, 2.75) is 31.7 Å². The fraction of sp³-hybridized carbons (Fsp3) is 0.562. The van der Waals surface area contributed by atoms with E-state index in [2.05, 4.69) is 40.5 Å². The normalized spacial score (nSPS) is 17.1. The monoisotopic (exact) mass is 275 g/mol. The molecular formula is C16H25N3O. The summed E-state index contributed by atoms with van der Waals surface area (Å²) < 4.78 is 0. The summed E-state index contributed by atoms with van der Waals surface area (Å²) >= 11 is 0. The van der Waals surface area contributed by atoms with E-state index in [1.807, 2.05) is 0 Å². The molecule has 0 spiro atoms. The summed E-state index contributed by atoms with van der Waals surface area (Å²) in [5.74, 6) is 0.0928. The Morgan fingerprint density at radius 3 is 2.60 bits per heavy atom. The van der Waals surface area contributed by atoms with Crippen LogP contribution in [0.3, 0.4) is 0 Å². The second-order valence-corrected chi connectivity index (χ2v) is 5.46. The molecular weight excluding hydrogens is 250 g/mol. The number of likely N-dealkylation sites (tertiary alicyclic amines) is 1. The molecule has 0 atom stereocenters. The van der Waals surface area contributed by atoms with Gasteiger partial charge in [0.05, 0.1) is 0 Å². The Labute approximate surface area is 121 Å². The third-order valence-corrected chi connectivity index (χ3v) is 3.88. The van der Waals surface area contributed by atoms with Gasteiger partial charge in [-0.05, 0) is 24.8 Å². The molecule has 1 heterocycles. The lowest BCUT2D eigenvalue weighted by atomic mass is 10.0. The third-order valence-electron chi connectivity index (χ3n) is 3.88. The van der Waals surface area contributed by atoms with Gasteiger partial charge in [0.15, 0.2) is 0 Å². The van der Waals surface area contributed by atoms with Gasteiger partial charge in [-0.1, -0.05) is 30.3 Å². The molecule has 20 heavy (non-hydrogen) atoms. The molecule has 1 aliphatic rings. The largest absolute Gasteiger partial charge is 0.353 e. The van der Waals surface area contributed by atoms with Crippen LogP contribution in [0.5, 0.6) is 0 Å². The number of nitrogens with zero attached hydrogens (tertiary/aromatic N) is 1. The van der Waals surface area contributed by atoms with Crippen LogP contribution in [0.4, 0.5) is 0 Å². The average Bonchev–Trinajstić information content (AvgIpc) is 2.48. The molecule has 0 aliphatic carbocycles. The molecule has 4 nitrogen and oxygen atoms in total. The molecule has 1 saturated heterocycles. The lowest BCUT2D eigenvalue weighted by molar-refractivity contribution is -0.121. The van der Waals surface area contributed by atoms with E-state index in [1.54, 1.807) is 0 Å². The first-order chi connectivity index (χ1) is 9.78. The molecule has 1 aliphatic heterocycles. The van der Waals surface area contributed by atoms with Crippen molar-refractivity contribution in [1.29, 1.82) is 0 Å². The number of nitrogens with one attached hydrogen (secondary N) is 1. The fourth-order valence-electron chi connectivity index (χ4n) is 2.66. The predicted molar refractivity (Wildman–Crippen MR) is 81.4 cm³/mol. The summed E-state index contributed by atoms with van der Waals surface area (Å²) in [4.78, 5) is 14.0. The summed E-state index contributed by atoms with van der Waals surface area (Å²) in [6.45, 7) is 3.68. The van der Waals surface area contributed by atoms with Crippen molar-refractivity contribution in [2.75, 3.05) is 26.2 Å². The standard InChI is InChI=1S/C16H25N3O/c17-10-6-16(20)18-15-8-12-19(13-9-15)11-7-14-4-2-1-3-5-14/h1-5,15H,6-13,17H2,(H,18,20). The van der Waals surface area contributed by atoms with E-state index < -0.39 is 0 Å². The number of hydrogen-bond acceptors (Lipinski definition) is 3.